The van der Waals surface area contributed by atoms with Gasteiger partial charge in [-0.2, -0.15) is 13.2 Å². The molecular formula is C20H27F3IN5OS. The fourth-order valence-corrected chi connectivity index (χ4v) is 4.27. The largest absolute Gasteiger partial charge is 0.496 e. The van der Waals surface area contributed by atoms with Crippen LogP contribution in [0.4, 0.5) is 13.2 Å². The average molecular weight is 569 g/mol. The van der Waals surface area contributed by atoms with E-state index < -0.39 is 11.9 Å². The molecule has 0 amide bonds. The van der Waals surface area contributed by atoms with E-state index in [0.717, 1.165) is 54.0 Å². The van der Waals surface area contributed by atoms with Gasteiger partial charge in [0.1, 0.15) is 10.8 Å². The first-order valence-corrected chi connectivity index (χ1v) is 10.6. The molecule has 0 spiro atoms. The molecule has 31 heavy (non-hydrogen) atoms. The van der Waals surface area contributed by atoms with E-state index in [4.69, 9.17) is 4.74 Å². The molecule has 2 heterocycles. The van der Waals surface area contributed by atoms with E-state index >= 15 is 0 Å². The lowest BCUT2D eigenvalue weighted by Gasteiger charge is -2.30. The van der Waals surface area contributed by atoms with Gasteiger partial charge >= 0.3 is 6.18 Å². The fourth-order valence-electron chi connectivity index (χ4n) is 3.53. The van der Waals surface area contributed by atoms with E-state index in [1.807, 2.05) is 18.2 Å². The first-order chi connectivity index (χ1) is 14.4. The maximum Gasteiger partial charge on any atom is 0.434 e. The molecule has 1 unspecified atom stereocenters. The number of hydrogen-bond donors (Lipinski definition) is 2. The van der Waals surface area contributed by atoms with Crippen LogP contribution >= 0.6 is 35.3 Å². The summed E-state index contributed by atoms with van der Waals surface area (Å²) in [4.78, 5) is 10.2. The normalized spacial score (nSPS) is 16.0. The van der Waals surface area contributed by atoms with Crippen molar-refractivity contribution in [3.63, 3.8) is 0 Å². The van der Waals surface area contributed by atoms with E-state index in [9.17, 15) is 13.2 Å². The second kappa shape index (κ2) is 11.9. The predicted octanol–water partition coefficient (Wildman–Crippen LogP) is 4.29. The number of ether oxygens (including phenoxy) is 1. The van der Waals surface area contributed by atoms with Gasteiger partial charge in [0, 0.05) is 24.5 Å². The Bertz CT molecular complexity index is 855. The van der Waals surface area contributed by atoms with Crippen LogP contribution in [0.2, 0.25) is 0 Å². The number of para-hydroxylation sites is 1. The van der Waals surface area contributed by atoms with E-state index in [1.54, 1.807) is 14.2 Å². The van der Waals surface area contributed by atoms with Gasteiger partial charge in [-0.05, 0) is 32.0 Å². The van der Waals surface area contributed by atoms with E-state index in [0.29, 0.717) is 17.5 Å². The number of likely N-dealkylation sites (tertiary alicyclic amines) is 1. The molecule has 1 aliphatic rings. The lowest BCUT2D eigenvalue weighted by Crippen LogP contribution is -2.42. The van der Waals surface area contributed by atoms with Crippen molar-refractivity contribution in [2.24, 2.45) is 4.99 Å². The van der Waals surface area contributed by atoms with Crippen LogP contribution in [0.1, 0.15) is 35.1 Å². The van der Waals surface area contributed by atoms with Crippen LogP contribution in [0.15, 0.2) is 34.6 Å². The Morgan fingerprint density at radius 2 is 1.97 bits per heavy atom. The highest BCUT2D eigenvalue weighted by atomic mass is 127. The topological polar surface area (TPSA) is 61.8 Å². The molecule has 6 nitrogen and oxygen atoms in total. The highest BCUT2D eigenvalue weighted by Gasteiger charge is 2.33. The molecule has 0 aliphatic carbocycles. The van der Waals surface area contributed by atoms with Crippen molar-refractivity contribution in [1.82, 2.24) is 20.5 Å². The molecule has 1 aliphatic heterocycles. The van der Waals surface area contributed by atoms with Gasteiger partial charge in [-0.3, -0.25) is 9.89 Å². The van der Waals surface area contributed by atoms with Crippen molar-refractivity contribution in [2.75, 3.05) is 33.8 Å². The van der Waals surface area contributed by atoms with Crippen molar-refractivity contribution in [3.05, 3.63) is 45.9 Å². The lowest BCUT2D eigenvalue weighted by molar-refractivity contribution is -0.140. The number of methoxy groups -OCH3 is 1. The maximum absolute atomic E-state index is 12.7. The minimum absolute atomic E-state index is 0. The Morgan fingerprint density at radius 3 is 2.58 bits per heavy atom. The third-order valence-electron chi connectivity index (χ3n) is 5.02. The smallest absolute Gasteiger partial charge is 0.434 e. The van der Waals surface area contributed by atoms with Crippen LogP contribution in [-0.2, 0) is 12.7 Å². The molecule has 172 valence electrons. The number of rotatable bonds is 7. The molecule has 11 heteroatoms. The maximum atomic E-state index is 12.7. The SMILES string of the molecule is CN=C(NCc1nc(C(F)(F)F)cs1)NCC(c1ccccc1OC)N1CCCC1.I. The van der Waals surface area contributed by atoms with Crippen molar-refractivity contribution < 1.29 is 17.9 Å². The highest BCUT2D eigenvalue weighted by molar-refractivity contribution is 14.0. The van der Waals surface area contributed by atoms with Crippen LogP contribution in [0, 0.1) is 0 Å². The number of thiazole rings is 1. The number of benzene rings is 1. The molecule has 1 saturated heterocycles. The predicted molar refractivity (Wildman–Crippen MR) is 127 cm³/mol. The Balaban J connectivity index is 0.00000341. The summed E-state index contributed by atoms with van der Waals surface area (Å²) in [6.07, 6.45) is -2.11. The summed E-state index contributed by atoms with van der Waals surface area (Å²) >= 11 is 0.974. The van der Waals surface area contributed by atoms with Crippen molar-refractivity contribution >= 4 is 41.3 Å². The van der Waals surface area contributed by atoms with Crippen molar-refractivity contribution in [2.45, 2.75) is 31.6 Å². The number of nitrogens with zero attached hydrogens (tertiary/aromatic N) is 3. The molecule has 3 rings (SSSR count). The van der Waals surface area contributed by atoms with Crippen LogP contribution < -0.4 is 15.4 Å². The summed E-state index contributed by atoms with van der Waals surface area (Å²) in [6, 6.07) is 8.05. The number of hydrogen-bond acceptors (Lipinski definition) is 5. The molecule has 0 radical (unpaired) electrons. The van der Waals surface area contributed by atoms with Crippen LogP contribution in [0.3, 0.4) is 0 Å². The first-order valence-electron chi connectivity index (χ1n) is 9.75. The lowest BCUT2D eigenvalue weighted by atomic mass is 10.0. The summed E-state index contributed by atoms with van der Waals surface area (Å²) in [7, 11) is 3.29. The van der Waals surface area contributed by atoms with Crippen LogP contribution in [0.25, 0.3) is 0 Å². The second-order valence-corrected chi connectivity index (χ2v) is 7.87. The van der Waals surface area contributed by atoms with Gasteiger partial charge < -0.3 is 15.4 Å². The first kappa shape index (κ1) is 25.7. The number of halogens is 4. The van der Waals surface area contributed by atoms with Gasteiger partial charge in [0.05, 0.1) is 19.7 Å². The van der Waals surface area contributed by atoms with Gasteiger partial charge in [-0.15, -0.1) is 35.3 Å². The Labute approximate surface area is 201 Å². The summed E-state index contributed by atoms with van der Waals surface area (Å²) in [5, 5.41) is 7.72. The third-order valence-corrected chi connectivity index (χ3v) is 5.86. The molecule has 2 aromatic rings. The number of nitrogens with one attached hydrogen (secondary N) is 2. The minimum atomic E-state index is -4.42. The third kappa shape index (κ3) is 6.94. The summed E-state index contributed by atoms with van der Waals surface area (Å²) in [5.74, 6) is 1.35. The Hall–Kier alpha value is -1.60. The summed E-state index contributed by atoms with van der Waals surface area (Å²) < 4.78 is 43.7. The number of aliphatic imine (C=N–C) groups is 1. The molecule has 1 aromatic carbocycles. The highest BCUT2D eigenvalue weighted by Crippen LogP contribution is 2.31. The van der Waals surface area contributed by atoms with Gasteiger partial charge in [0.2, 0.25) is 0 Å². The molecule has 1 fully saturated rings. The van der Waals surface area contributed by atoms with Gasteiger partial charge in [-0.25, -0.2) is 4.98 Å². The minimum Gasteiger partial charge on any atom is -0.496 e. The van der Waals surface area contributed by atoms with Crippen molar-refractivity contribution in [1.29, 1.82) is 0 Å². The molecule has 1 atom stereocenters. The molecule has 0 saturated carbocycles. The standard InChI is InChI=1S/C20H26F3N5OS.HI/c1-24-19(26-12-18-27-17(13-30-18)20(21,22)23)25-11-15(28-9-5-6-10-28)14-7-3-4-8-16(14)29-2;/h3-4,7-8,13,15H,5-6,9-12H2,1-2H3,(H2,24,25,26);1H. The zero-order valence-corrected chi connectivity index (χ0v) is 20.6. The zero-order chi connectivity index (χ0) is 21.6. The molecule has 0 bridgehead atoms. The fraction of sp³-hybridized carbons (Fsp3) is 0.500. The number of guanidine groups is 1. The zero-order valence-electron chi connectivity index (χ0n) is 17.4. The van der Waals surface area contributed by atoms with E-state index in [1.165, 1.54) is 0 Å². The molecule has 1 aromatic heterocycles. The quantitative estimate of drug-likeness (QED) is 0.296. The summed E-state index contributed by atoms with van der Waals surface area (Å²) in [5.41, 5.74) is 0.233. The molecule has 2 N–H and O–H groups in total. The summed E-state index contributed by atoms with van der Waals surface area (Å²) in [6.45, 7) is 2.78. The Morgan fingerprint density at radius 1 is 1.26 bits per heavy atom. The number of aromatic nitrogens is 1. The number of alkyl halides is 3. The monoisotopic (exact) mass is 569 g/mol. The molecular weight excluding hydrogens is 542 g/mol. The van der Waals surface area contributed by atoms with Crippen molar-refractivity contribution in [3.8, 4) is 5.75 Å². The van der Waals surface area contributed by atoms with E-state index in [-0.39, 0.29) is 36.6 Å². The van der Waals surface area contributed by atoms with Crippen LogP contribution in [0.5, 0.6) is 5.75 Å². The second-order valence-electron chi connectivity index (χ2n) is 6.93. The van der Waals surface area contributed by atoms with E-state index in [2.05, 4.69) is 31.6 Å². The van der Waals surface area contributed by atoms with Gasteiger partial charge in [-0.1, -0.05) is 18.2 Å². The van der Waals surface area contributed by atoms with Gasteiger partial charge in [0.15, 0.2) is 11.7 Å². The Kier molecular flexibility index (Phi) is 9.82. The average Bonchev–Trinajstić information content (AvgIpc) is 3.43. The van der Waals surface area contributed by atoms with Gasteiger partial charge in [0.25, 0.3) is 0 Å². The van der Waals surface area contributed by atoms with Crippen LogP contribution in [-0.4, -0.2) is 49.6 Å².